The number of amidine groups is 1. The first-order valence-corrected chi connectivity index (χ1v) is 19.6. The zero-order chi connectivity index (χ0) is 36.4. The molecule has 0 bridgehead atoms. The fraction of sp³-hybridized carbons (Fsp3) is 0. The van der Waals surface area contributed by atoms with E-state index in [2.05, 4.69) is 152 Å². The molecule has 1 aromatic heterocycles. The van der Waals surface area contributed by atoms with Gasteiger partial charge in [-0.1, -0.05) is 182 Å². The summed E-state index contributed by atoms with van der Waals surface area (Å²) >= 11 is 0. The molecule has 1 aliphatic rings. The molecule has 55 heavy (non-hydrogen) atoms. The van der Waals surface area contributed by atoms with E-state index in [1.165, 1.54) is 15.9 Å². The van der Waals surface area contributed by atoms with Crippen LogP contribution in [0.3, 0.4) is 0 Å². The first-order chi connectivity index (χ1) is 26.8. The molecule has 0 radical (unpaired) electrons. The molecule has 0 saturated carbocycles. The van der Waals surface area contributed by atoms with Crippen molar-refractivity contribution in [3.63, 3.8) is 0 Å². The van der Waals surface area contributed by atoms with Crippen LogP contribution in [0.5, 0.6) is 0 Å². The van der Waals surface area contributed by atoms with Crippen LogP contribution in [0.4, 0.5) is 5.82 Å². The number of hydrogen-bond donors (Lipinski definition) is 0. The zero-order valence-corrected chi connectivity index (χ0v) is 31.9. The van der Waals surface area contributed by atoms with Gasteiger partial charge in [-0.25, -0.2) is 0 Å². The van der Waals surface area contributed by atoms with E-state index in [9.17, 15) is 0 Å². The smallest absolute Gasteiger partial charge is 0.435 e. The average Bonchev–Trinajstić information content (AvgIpc) is 3.89. The van der Waals surface area contributed by atoms with E-state index >= 15 is 0 Å². The molecule has 0 aliphatic carbocycles. The van der Waals surface area contributed by atoms with Crippen LogP contribution in [0.2, 0.25) is 0 Å². The number of nitrogens with zero attached hydrogens (tertiary/aromatic N) is 3. The van der Waals surface area contributed by atoms with Crippen LogP contribution in [0, 0.1) is 0 Å². The fourth-order valence-corrected chi connectivity index (χ4v) is 9.15. The Hall–Kier alpha value is -6.15. The molecule has 2 heterocycles. The Labute approximate surface area is 335 Å². The van der Waals surface area contributed by atoms with Crippen LogP contribution < -0.4 is 20.9 Å². The van der Waals surface area contributed by atoms with E-state index in [0.717, 1.165) is 44.8 Å². The maximum absolute atomic E-state index is 5.06. The molecule has 7 aromatic carbocycles. The number of aromatic nitrogens is 1. The summed E-state index contributed by atoms with van der Waals surface area (Å²) in [5, 5.41) is 4.31. The van der Waals surface area contributed by atoms with Crippen LogP contribution >= 0.6 is 7.92 Å². The Morgan fingerprint density at radius 1 is 0.418 bits per heavy atom. The molecule has 0 saturated heterocycles. The number of rotatable bonds is 8. The monoisotopic (exact) mass is 774 g/mol. The molecular formula is C50H38CuN3P+. The second kappa shape index (κ2) is 18.3. The molecule has 268 valence electrons. The molecule has 9 rings (SSSR count). The van der Waals surface area contributed by atoms with Gasteiger partial charge in [0.25, 0.3) is 0 Å². The summed E-state index contributed by atoms with van der Waals surface area (Å²) in [5.74, 6) is 1.34. The van der Waals surface area contributed by atoms with Gasteiger partial charge in [0, 0.05) is 11.1 Å². The first-order valence-electron chi connectivity index (χ1n) is 18.1. The molecule has 0 atom stereocenters. The van der Waals surface area contributed by atoms with Crippen molar-refractivity contribution in [1.29, 1.82) is 0 Å². The third-order valence-electron chi connectivity index (χ3n) is 9.20. The zero-order valence-electron chi connectivity index (χ0n) is 30.0. The average molecular weight is 775 g/mol. The van der Waals surface area contributed by atoms with Crippen LogP contribution in [0.15, 0.2) is 234 Å². The third-order valence-corrected chi connectivity index (χ3v) is 11.9. The van der Waals surface area contributed by atoms with Gasteiger partial charge in [0.05, 0.1) is 19.5 Å². The summed E-state index contributed by atoms with van der Waals surface area (Å²) in [6.45, 7) is 0. The predicted molar refractivity (Wildman–Crippen MR) is 232 cm³/mol. The van der Waals surface area contributed by atoms with E-state index < -0.39 is 7.92 Å². The van der Waals surface area contributed by atoms with Gasteiger partial charge in [-0.3, -0.25) is 4.99 Å². The van der Waals surface area contributed by atoms with Gasteiger partial charge >= 0.3 is 17.1 Å². The van der Waals surface area contributed by atoms with Crippen LogP contribution in [-0.2, 0) is 17.1 Å². The Balaban J connectivity index is 0.000000197. The van der Waals surface area contributed by atoms with Crippen molar-refractivity contribution in [2.24, 2.45) is 9.98 Å². The van der Waals surface area contributed by atoms with Gasteiger partial charge in [-0.15, -0.1) is 0 Å². The van der Waals surface area contributed by atoms with Crippen molar-refractivity contribution < 1.29 is 17.1 Å². The second-order valence-corrected chi connectivity index (χ2v) is 15.3. The van der Waals surface area contributed by atoms with Gasteiger partial charge in [0.15, 0.2) is 0 Å². The Bertz CT molecular complexity index is 2410. The van der Waals surface area contributed by atoms with Gasteiger partial charge in [0.2, 0.25) is 0 Å². The van der Waals surface area contributed by atoms with Gasteiger partial charge in [-0.05, 0) is 76.2 Å². The minimum atomic E-state index is -0.877. The Kier molecular flexibility index (Phi) is 12.3. The van der Waals surface area contributed by atoms with Crippen molar-refractivity contribution in [3.05, 3.63) is 236 Å². The minimum absolute atomic E-state index is 0. The SMILES string of the molecule is C1=C(c2ccccc2)/C(=N/c2[n-]c(-c3ccccc3)cc2-c2ccccc2)N=C1c1ccccc1.[Cu+].c1ccc([PH+](c2ccccc2)c2ccccc2)cc1. The normalized spacial score (nSPS) is 12.6. The molecule has 1 aliphatic heterocycles. The van der Waals surface area contributed by atoms with E-state index in [-0.39, 0.29) is 17.1 Å². The van der Waals surface area contributed by atoms with Crippen LogP contribution in [-0.4, -0.2) is 11.5 Å². The molecule has 0 fully saturated rings. The van der Waals surface area contributed by atoms with E-state index in [1.807, 2.05) is 72.8 Å². The summed E-state index contributed by atoms with van der Waals surface area (Å²) in [6, 6.07) is 75.6. The van der Waals surface area contributed by atoms with Gasteiger partial charge in [-0.2, -0.15) is 0 Å². The van der Waals surface area contributed by atoms with Crippen molar-refractivity contribution in [1.82, 2.24) is 4.98 Å². The standard InChI is InChI=1S/C32H22N3.C18H15P.Cu/c1-5-13-23(14-6-1)27-21-29(25-17-9-3-10-18-25)33-31(27)35-32-28(24-15-7-2-8-16-24)22-30(34-32)26-19-11-4-12-20-26;1-4-10-16(11-5-1)19(17-12-6-2-7-13-17)18-14-8-3-9-15-18;/h1-22H;1-15H;/q-1;;+1/p+1/b35-31-;;. The quantitative estimate of drug-likeness (QED) is 0.112. The van der Waals surface area contributed by atoms with Crippen LogP contribution in [0.1, 0.15) is 11.1 Å². The predicted octanol–water partition coefficient (Wildman–Crippen LogP) is 10.8. The molecule has 0 unspecified atom stereocenters. The van der Waals surface area contributed by atoms with Gasteiger partial charge < -0.3 is 9.98 Å². The minimum Gasteiger partial charge on any atom is -0.435 e. The first kappa shape index (κ1) is 37.2. The second-order valence-electron chi connectivity index (χ2n) is 12.8. The topological polar surface area (TPSA) is 38.8 Å². The van der Waals surface area contributed by atoms with Crippen molar-refractivity contribution in [2.45, 2.75) is 0 Å². The molecule has 0 amide bonds. The largest absolute Gasteiger partial charge is 1.00 e. The summed E-state index contributed by atoms with van der Waals surface area (Å²) in [5.41, 5.74) is 8.08. The summed E-state index contributed by atoms with van der Waals surface area (Å²) in [6.07, 6.45) is 2.12. The van der Waals surface area contributed by atoms with E-state index in [1.54, 1.807) is 0 Å². The van der Waals surface area contributed by atoms with E-state index in [4.69, 9.17) is 15.0 Å². The molecule has 8 aromatic rings. The number of benzene rings is 7. The molecule has 0 N–H and O–H groups in total. The molecule has 5 heteroatoms. The maximum atomic E-state index is 5.06. The number of aliphatic imine (C=N–C) groups is 2. The van der Waals surface area contributed by atoms with Crippen molar-refractivity contribution >= 4 is 46.8 Å². The third kappa shape index (κ3) is 8.98. The summed E-state index contributed by atoms with van der Waals surface area (Å²) in [7, 11) is -0.877. The molecule has 3 nitrogen and oxygen atoms in total. The molecule has 0 spiro atoms. The van der Waals surface area contributed by atoms with Crippen molar-refractivity contribution in [2.75, 3.05) is 0 Å². The summed E-state index contributed by atoms with van der Waals surface area (Å²) in [4.78, 5) is 15.0. The van der Waals surface area contributed by atoms with Gasteiger partial charge in [0.1, 0.15) is 15.9 Å². The number of hydrogen-bond acceptors (Lipinski definition) is 1. The van der Waals surface area contributed by atoms with Crippen LogP contribution in [0.25, 0.3) is 28.0 Å². The number of allylic oxidation sites excluding steroid dienone is 1. The summed E-state index contributed by atoms with van der Waals surface area (Å²) < 4.78 is 0. The fourth-order valence-electron chi connectivity index (χ4n) is 6.57. The Morgan fingerprint density at radius 3 is 1.25 bits per heavy atom. The van der Waals surface area contributed by atoms with E-state index in [0.29, 0.717) is 11.7 Å². The van der Waals surface area contributed by atoms with Crippen molar-refractivity contribution in [3.8, 4) is 22.4 Å². The maximum Gasteiger partial charge on any atom is 1.00 e. The Morgan fingerprint density at radius 2 is 0.800 bits per heavy atom. The molecular weight excluding hydrogens is 737 g/mol.